The van der Waals surface area contributed by atoms with E-state index >= 15 is 0 Å². The van der Waals surface area contributed by atoms with E-state index in [0.29, 0.717) is 21.0 Å². The molecule has 0 fully saturated rings. The summed E-state index contributed by atoms with van der Waals surface area (Å²) in [6.45, 7) is 0.00853. The number of hydrogen-bond donors (Lipinski definition) is 6. The van der Waals surface area contributed by atoms with E-state index < -0.39 is 17.7 Å². The Hall–Kier alpha value is -4.42. The van der Waals surface area contributed by atoms with Crippen molar-refractivity contribution in [3.05, 3.63) is 77.2 Å². The van der Waals surface area contributed by atoms with Gasteiger partial charge in [0.25, 0.3) is 11.8 Å². The summed E-state index contributed by atoms with van der Waals surface area (Å²) < 4.78 is 0. The average Bonchev–Trinajstić information content (AvgIpc) is 3.22. The molecule has 11 nitrogen and oxygen atoms in total. The summed E-state index contributed by atoms with van der Waals surface area (Å²) in [5.41, 5.74) is 15.2. The van der Waals surface area contributed by atoms with E-state index in [1.54, 1.807) is 24.3 Å². The molecule has 2 aromatic heterocycles. The van der Waals surface area contributed by atoms with Gasteiger partial charge in [-0.05, 0) is 18.2 Å². The standard InChI is InChI=1S/C22H20N8O3S/c23-19-18(29-16(10-26-19)34-15-8-4-2-6-12(15)20(24)31)21(32)27-9-13-11-5-1-3-7-14(11)28-17(13)22(33)30-25/h1-8,10,28H,9,25H2,(H2,23,26)(H2,24,31)(H,27,32)(H,30,33). The van der Waals surface area contributed by atoms with E-state index in [-0.39, 0.29) is 23.8 Å². The number of para-hydroxylation sites is 1. The van der Waals surface area contributed by atoms with Crippen LogP contribution in [-0.4, -0.2) is 32.7 Å². The first-order valence-electron chi connectivity index (χ1n) is 9.97. The zero-order valence-electron chi connectivity index (χ0n) is 17.7. The maximum atomic E-state index is 12.9. The van der Waals surface area contributed by atoms with Crippen molar-refractivity contribution in [2.45, 2.75) is 16.5 Å². The fourth-order valence-corrected chi connectivity index (χ4v) is 4.27. The van der Waals surface area contributed by atoms with Crippen molar-refractivity contribution in [1.29, 1.82) is 0 Å². The van der Waals surface area contributed by atoms with Gasteiger partial charge in [-0.15, -0.1) is 0 Å². The van der Waals surface area contributed by atoms with Gasteiger partial charge in [0, 0.05) is 27.9 Å². The molecule has 2 heterocycles. The molecule has 3 amide bonds. The first kappa shape index (κ1) is 22.8. The number of anilines is 1. The van der Waals surface area contributed by atoms with Crippen LogP contribution in [0.15, 0.2) is 64.6 Å². The number of nitrogens with one attached hydrogen (secondary N) is 3. The first-order valence-corrected chi connectivity index (χ1v) is 10.8. The van der Waals surface area contributed by atoms with Gasteiger partial charge in [-0.25, -0.2) is 15.8 Å². The van der Waals surface area contributed by atoms with Gasteiger partial charge in [0.1, 0.15) is 10.7 Å². The van der Waals surface area contributed by atoms with Gasteiger partial charge in [0.05, 0.1) is 11.8 Å². The van der Waals surface area contributed by atoms with E-state index in [9.17, 15) is 14.4 Å². The molecule has 0 unspecified atom stereocenters. The fraction of sp³-hybridized carbons (Fsp3) is 0.0455. The quantitative estimate of drug-likeness (QED) is 0.130. The Morgan fingerprint density at radius 1 is 1.03 bits per heavy atom. The van der Waals surface area contributed by atoms with E-state index in [0.717, 1.165) is 22.7 Å². The minimum Gasteiger partial charge on any atom is -0.382 e. The molecule has 0 spiro atoms. The monoisotopic (exact) mass is 476 g/mol. The second-order valence-electron chi connectivity index (χ2n) is 7.08. The molecule has 12 heteroatoms. The van der Waals surface area contributed by atoms with E-state index in [2.05, 4.69) is 25.7 Å². The third-order valence-electron chi connectivity index (χ3n) is 4.96. The van der Waals surface area contributed by atoms with Gasteiger partial charge in [-0.1, -0.05) is 42.1 Å². The molecule has 0 bridgehead atoms. The van der Waals surface area contributed by atoms with Crippen molar-refractivity contribution < 1.29 is 14.4 Å². The second-order valence-corrected chi connectivity index (χ2v) is 8.15. The summed E-state index contributed by atoms with van der Waals surface area (Å²) in [6, 6.07) is 14.0. The summed E-state index contributed by atoms with van der Waals surface area (Å²) >= 11 is 1.13. The molecule has 0 aliphatic heterocycles. The molecule has 2 aromatic carbocycles. The van der Waals surface area contributed by atoms with Gasteiger partial charge < -0.3 is 21.8 Å². The number of benzene rings is 2. The molecule has 4 rings (SSSR count). The van der Waals surface area contributed by atoms with E-state index in [1.807, 2.05) is 24.3 Å². The van der Waals surface area contributed by atoms with Crippen molar-refractivity contribution >= 4 is 46.2 Å². The number of amides is 3. The Labute approximate surface area is 197 Å². The summed E-state index contributed by atoms with van der Waals surface area (Å²) in [5.74, 6) is 3.54. The molecule has 0 atom stereocenters. The van der Waals surface area contributed by atoms with Gasteiger partial charge in [-0.2, -0.15) is 0 Å². The van der Waals surface area contributed by atoms with Crippen LogP contribution < -0.4 is 28.1 Å². The molecule has 0 saturated heterocycles. The largest absolute Gasteiger partial charge is 0.382 e. The van der Waals surface area contributed by atoms with Crippen LogP contribution in [0.2, 0.25) is 0 Å². The second kappa shape index (κ2) is 9.60. The number of aromatic amines is 1. The molecule has 0 aliphatic carbocycles. The smallest absolute Gasteiger partial charge is 0.281 e. The number of H-pyrrole nitrogens is 1. The predicted octanol–water partition coefficient (Wildman–Crippen LogP) is 1.32. The molecule has 9 N–H and O–H groups in total. The predicted molar refractivity (Wildman–Crippen MR) is 127 cm³/mol. The highest BCUT2D eigenvalue weighted by Gasteiger charge is 2.20. The number of hydrogen-bond acceptors (Lipinski definition) is 8. The Balaban J connectivity index is 1.58. The summed E-state index contributed by atoms with van der Waals surface area (Å²) in [6.07, 6.45) is 1.40. The van der Waals surface area contributed by atoms with Crippen LogP contribution >= 0.6 is 11.8 Å². The Kier molecular flexibility index (Phi) is 6.43. The highest BCUT2D eigenvalue weighted by Crippen LogP contribution is 2.29. The molecule has 34 heavy (non-hydrogen) atoms. The van der Waals surface area contributed by atoms with Gasteiger partial charge in [0.2, 0.25) is 5.91 Å². The van der Waals surface area contributed by atoms with Crippen molar-refractivity contribution in [1.82, 2.24) is 25.7 Å². The molecular weight excluding hydrogens is 456 g/mol. The average molecular weight is 477 g/mol. The van der Waals surface area contributed by atoms with E-state index in [1.165, 1.54) is 6.20 Å². The summed E-state index contributed by atoms with van der Waals surface area (Å²) in [5, 5.41) is 3.84. The highest BCUT2D eigenvalue weighted by atomic mass is 32.2. The SMILES string of the molecule is NNC(=O)c1[nH]c2ccccc2c1CNC(=O)c1nc(Sc2ccccc2C(N)=O)cnc1N. The number of nitrogens with zero attached hydrogens (tertiary/aromatic N) is 2. The Morgan fingerprint density at radius 2 is 1.76 bits per heavy atom. The lowest BCUT2D eigenvalue weighted by molar-refractivity contribution is 0.0931. The molecular formula is C22H20N8O3S. The van der Waals surface area contributed by atoms with Gasteiger partial charge in [0.15, 0.2) is 11.5 Å². The van der Waals surface area contributed by atoms with Crippen LogP contribution in [-0.2, 0) is 6.54 Å². The van der Waals surface area contributed by atoms with Crippen LogP contribution in [0.3, 0.4) is 0 Å². The maximum Gasteiger partial charge on any atom is 0.281 e. The minimum atomic E-state index is -0.583. The van der Waals surface area contributed by atoms with Crippen molar-refractivity contribution in [2.75, 3.05) is 5.73 Å². The lowest BCUT2D eigenvalue weighted by atomic mass is 10.1. The third kappa shape index (κ3) is 4.53. The number of carbonyl (C=O) groups is 3. The van der Waals surface area contributed by atoms with Crippen molar-refractivity contribution in [3.8, 4) is 0 Å². The number of carbonyl (C=O) groups excluding carboxylic acids is 3. The third-order valence-corrected chi connectivity index (χ3v) is 5.94. The lowest BCUT2D eigenvalue weighted by Crippen LogP contribution is -2.32. The van der Waals surface area contributed by atoms with Crippen LogP contribution in [0.4, 0.5) is 5.82 Å². The number of primary amides is 1. The zero-order valence-corrected chi connectivity index (χ0v) is 18.5. The maximum absolute atomic E-state index is 12.9. The molecule has 4 aromatic rings. The molecule has 0 radical (unpaired) electrons. The van der Waals surface area contributed by atoms with Gasteiger partial charge >= 0.3 is 0 Å². The Morgan fingerprint density at radius 3 is 2.53 bits per heavy atom. The number of nitrogen functional groups attached to an aromatic ring is 2. The Bertz CT molecular complexity index is 1420. The van der Waals surface area contributed by atoms with E-state index in [4.69, 9.17) is 17.3 Å². The van der Waals surface area contributed by atoms with Crippen molar-refractivity contribution in [2.24, 2.45) is 11.6 Å². The van der Waals surface area contributed by atoms with Crippen LogP contribution in [0, 0.1) is 0 Å². The van der Waals surface area contributed by atoms with Crippen molar-refractivity contribution in [3.63, 3.8) is 0 Å². The number of hydrazine groups is 1. The van der Waals surface area contributed by atoms with Crippen LogP contribution in [0.5, 0.6) is 0 Å². The molecule has 0 aliphatic rings. The topological polar surface area (TPSA) is 195 Å². The molecule has 0 saturated carbocycles. The number of aromatic nitrogens is 3. The number of rotatable bonds is 7. The lowest BCUT2D eigenvalue weighted by Gasteiger charge is -2.10. The van der Waals surface area contributed by atoms with Gasteiger partial charge in [-0.3, -0.25) is 19.8 Å². The first-order chi connectivity index (χ1) is 16.4. The minimum absolute atomic E-state index is 0.00853. The van der Waals surface area contributed by atoms with Crippen LogP contribution in [0.25, 0.3) is 10.9 Å². The van der Waals surface area contributed by atoms with Crippen LogP contribution in [0.1, 0.15) is 36.9 Å². The normalized spacial score (nSPS) is 10.7. The molecule has 172 valence electrons. The number of nitrogens with two attached hydrogens (primary N) is 3. The fourth-order valence-electron chi connectivity index (χ4n) is 3.37. The highest BCUT2D eigenvalue weighted by molar-refractivity contribution is 7.99. The summed E-state index contributed by atoms with van der Waals surface area (Å²) in [4.78, 5) is 48.7. The zero-order chi connectivity index (χ0) is 24.2. The summed E-state index contributed by atoms with van der Waals surface area (Å²) in [7, 11) is 0. The number of fused-ring (bicyclic) bond motifs is 1.